The molecule has 5 heteroatoms. The maximum absolute atomic E-state index is 12.3. The molecule has 0 radical (unpaired) electrons. The molecule has 1 atom stereocenters. The van der Waals surface area contributed by atoms with Gasteiger partial charge < -0.3 is 19.5 Å². The smallest absolute Gasteiger partial charge is 0.257 e. The predicted molar refractivity (Wildman–Crippen MR) is 66.1 cm³/mol. The highest BCUT2D eigenvalue weighted by Gasteiger charge is 2.27. The minimum Gasteiger partial charge on any atom is -0.497 e. The van der Waals surface area contributed by atoms with Crippen LogP contribution < -0.4 is 9.47 Å². The molecule has 1 N–H and O–H groups in total. The van der Waals surface area contributed by atoms with E-state index in [0.29, 0.717) is 36.6 Å². The lowest BCUT2D eigenvalue weighted by molar-refractivity contribution is 0.0761. The Morgan fingerprint density at radius 1 is 1.39 bits per heavy atom. The average Bonchev–Trinajstić information content (AvgIpc) is 2.83. The summed E-state index contributed by atoms with van der Waals surface area (Å²) >= 11 is 0. The van der Waals surface area contributed by atoms with Crippen molar-refractivity contribution in [2.24, 2.45) is 0 Å². The zero-order valence-corrected chi connectivity index (χ0v) is 10.5. The van der Waals surface area contributed by atoms with E-state index in [1.54, 1.807) is 30.2 Å². The van der Waals surface area contributed by atoms with Crippen LogP contribution in [0.5, 0.6) is 11.5 Å². The topological polar surface area (TPSA) is 59.0 Å². The fourth-order valence-corrected chi connectivity index (χ4v) is 2.07. The number of methoxy groups -OCH3 is 2. The van der Waals surface area contributed by atoms with Gasteiger partial charge in [-0.25, -0.2) is 0 Å². The Bertz CT molecular complexity index is 447. The molecular weight excluding hydrogens is 234 g/mol. The van der Waals surface area contributed by atoms with E-state index in [1.165, 1.54) is 7.11 Å². The number of β-amino-alcohol motifs (C(OH)–C–C–N with tert-alkyl or cyclic N) is 1. The van der Waals surface area contributed by atoms with Crippen molar-refractivity contribution < 1.29 is 19.4 Å². The number of aliphatic hydroxyl groups excluding tert-OH is 1. The van der Waals surface area contributed by atoms with Crippen molar-refractivity contribution in [1.82, 2.24) is 4.90 Å². The molecule has 1 fully saturated rings. The Kier molecular flexibility index (Phi) is 3.72. The normalized spacial score (nSPS) is 18.8. The molecule has 1 aliphatic heterocycles. The van der Waals surface area contributed by atoms with Crippen molar-refractivity contribution in [2.45, 2.75) is 12.5 Å². The van der Waals surface area contributed by atoms with Gasteiger partial charge in [-0.3, -0.25) is 4.79 Å². The Labute approximate surface area is 106 Å². The molecule has 0 saturated carbocycles. The average molecular weight is 251 g/mol. The van der Waals surface area contributed by atoms with E-state index in [2.05, 4.69) is 0 Å². The Hall–Kier alpha value is -1.75. The number of benzene rings is 1. The van der Waals surface area contributed by atoms with Crippen molar-refractivity contribution in [3.05, 3.63) is 23.8 Å². The van der Waals surface area contributed by atoms with Crippen molar-refractivity contribution >= 4 is 5.91 Å². The summed E-state index contributed by atoms with van der Waals surface area (Å²) in [6.07, 6.45) is 0.211. The molecule has 1 aliphatic rings. The van der Waals surface area contributed by atoms with Crippen molar-refractivity contribution in [2.75, 3.05) is 27.3 Å². The molecule has 98 valence electrons. The molecule has 0 aromatic heterocycles. The number of nitrogens with zero attached hydrogens (tertiary/aromatic N) is 1. The molecule has 0 bridgehead atoms. The van der Waals surface area contributed by atoms with Gasteiger partial charge in [0.1, 0.15) is 11.5 Å². The van der Waals surface area contributed by atoms with Gasteiger partial charge in [0.25, 0.3) is 5.91 Å². The lowest BCUT2D eigenvalue weighted by Crippen LogP contribution is -2.29. The molecule has 1 unspecified atom stereocenters. The second-order valence-corrected chi connectivity index (χ2v) is 4.26. The van der Waals surface area contributed by atoms with Crippen LogP contribution in [0.1, 0.15) is 16.8 Å². The SMILES string of the molecule is COc1ccc(C(=O)N2CCC(O)C2)c(OC)c1. The van der Waals surface area contributed by atoms with E-state index >= 15 is 0 Å². The Morgan fingerprint density at radius 3 is 2.72 bits per heavy atom. The van der Waals surface area contributed by atoms with Gasteiger partial charge in [0.05, 0.1) is 25.9 Å². The summed E-state index contributed by atoms with van der Waals surface area (Å²) in [7, 11) is 3.08. The van der Waals surface area contributed by atoms with E-state index < -0.39 is 6.10 Å². The van der Waals surface area contributed by atoms with E-state index in [1.807, 2.05) is 0 Å². The van der Waals surface area contributed by atoms with Gasteiger partial charge >= 0.3 is 0 Å². The van der Waals surface area contributed by atoms with Gasteiger partial charge in [0, 0.05) is 19.2 Å². The lowest BCUT2D eigenvalue weighted by Gasteiger charge is -2.17. The third-order valence-corrected chi connectivity index (χ3v) is 3.09. The number of ether oxygens (including phenoxy) is 2. The molecule has 18 heavy (non-hydrogen) atoms. The first kappa shape index (κ1) is 12.7. The maximum atomic E-state index is 12.3. The molecule has 1 saturated heterocycles. The number of hydrogen-bond acceptors (Lipinski definition) is 4. The number of aliphatic hydroxyl groups is 1. The first-order chi connectivity index (χ1) is 8.65. The third-order valence-electron chi connectivity index (χ3n) is 3.09. The highest BCUT2D eigenvalue weighted by Crippen LogP contribution is 2.26. The van der Waals surface area contributed by atoms with Crippen LogP contribution in [0.15, 0.2) is 18.2 Å². The van der Waals surface area contributed by atoms with Crippen molar-refractivity contribution in [1.29, 1.82) is 0 Å². The number of amides is 1. The van der Waals surface area contributed by atoms with Crippen molar-refractivity contribution in [3.8, 4) is 11.5 Å². The molecule has 1 heterocycles. The summed E-state index contributed by atoms with van der Waals surface area (Å²) in [5.74, 6) is 1.01. The monoisotopic (exact) mass is 251 g/mol. The summed E-state index contributed by atoms with van der Waals surface area (Å²) in [6.45, 7) is 0.962. The maximum Gasteiger partial charge on any atom is 0.257 e. The number of hydrogen-bond donors (Lipinski definition) is 1. The van der Waals surface area contributed by atoms with E-state index in [-0.39, 0.29) is 5.91 Å². The van der Waals surface area contributed by atoms with Crippen LogP contribution in [0.25, 0.3) is 0 Å². The first-order valence-electron chi connectivity index (χ1n) is 5.85. The number of carbonyl (C=O) groups excluding carboxylic acids is 1. The number of carbonyl (C=O) groups is 1. The quantitative estimate of drug-likeness (QED) is 0.867. The summed E-state index contributed by atoms with van der Waals surface area (Å²) in [4.78, 5) is 13.9. The second kappa shape index (κ2) is 5.27. The van der Waals surface area contributed by atoms with Gasteiger partial charge in [-0.2, -0.15) is 0 Å². The van der Waals surface area contributed by atoms with Gasteiger partial charge in [0.2, 0.25) is 0 Å². The molecule has 0 spiro atoms. The van der Waals surface area contributed by atoms with Crippen LogP contribution in [0.4, 0.5) is 0 Å². The molecule has 0 aliphatic carbocycles. The summed E-state index contributed by atoms with van der Waals surface area (Å²) in [5, 5.41) is 9.46. The minimum atomic E-state index is -0.418. The lowest BCUT2D eigenvalue weighted by atomic mass is 10.1. The van der Waals surface area contributed by atoms with Gasteiger partial charge in [0.15, 0.2) is 0 Å². The summed E-state index contributed by atoms with van der Waals surface area (Å²) in [6, 6.07) is 5.09. The highest BCUT2D eigenvalue weighted by molar-refractivity contribution is 5.97. The van der Waals surface area contributed by atoms with Crippen LogP contribution in [-0.4, -0.2) is 49.3 Å². The predicted octanol–water partition coefficient (Wildman–Crippen LogP) is 0.911. The number of rotatable bonds is 3. The molecule has 1 aromatic carbocycles. The van der Waals surface area contributed by atoms with Gasteiger partial charge in [-0.1, -0.05) is 0 Å². The molecule has 1 amide bonds. The van der Waals surface area contributed by atoms with Crippen LogP contribution >= 0.6 is 0 Å². The zero-order valence-electron chi connectivity index (χ0n) is 10.5. The van der Waals surface area contributed by atoms with Crippen molar-refractivity contribution in [3.63, 3.8) is 0 Å². The van der Waals surface area contributed by atoms with Crippen LogP contribution in [0.2, 0.25) is 0 Å². The van der Waals surface area contributed by atoms with Gasteiger partial charge in [-0.15, -0.1) is 0 Å². The summed E-state index contributed by atoms with van der Waals surface area (Å²) in [5.41, 5.74) is 0.493. The molecule has 5 nitrogen and oxygen atoms in total. The first-order valence-corrected chi connectivity index (χ1v) is 5.85. The summed E-state index contributed by atoms with van der Waals surface area (Å²) < 4.78 is 10.3. The van der Waals surface area contributed by atoms with E-state index in [9.17, 15) is 9.90 Å². The highest BCUT2D eigenvalue weighted by atomic mass is 16.5. The van der Waals surface area contributed by atoms with E-state index in [4.69, 9.17) is 9.47 Å². The van der Waals surface area contributed by atoms with Crippen LogP contribution in [0, 0.1) is 0 Å². The van der Waals surface area contributed by atoms with Gasteiger partial charge in [-0.05, 0) is 18.6 Å². The fourth-order valence-electron chi connectivity index (χ4n) is 2.07. The zero-order chi connectivity index (χ0) is 13.1. The molecule has 2 rings (SSSR count). The Balaban J connectivity index is 2.24. The van der Waals surface area contributed by atoms with E-state index in [0.717, 1.165) is 0 Å². The molecular formula is C13H17NO4. The standard InChI is InChI=1S/C13H17NO4/c1-17-10-3-4-11(12(7-10)18-2)13(16)14-6-5-9(15)8-14/h3-4,7,9,15H,5-6,8H2,1-2H3. The van der Waals surface area contributed by atoms with Crippen LogP contribution in [0.3, 0.4) is 0 Å². The number of likely N-dealkylation sites (tertiary alicyclic amines) is 1. The minimum absolute atomic E-state index is 0.119. The fraction of sp³-hybridized carbons (Fsp3) is 0.462. The Morgan fingerprint density at radius 2 is 2.17 bits per heavy atom. The second-order valence-electron chi connectivity index (χ2n) is 4.26. The third kappa shape index (κ3) is 2.41. The largest absolute Gasteiger partial charge is 0.497 e. The molecule has 1 aromatic rings. The van der Waals surface area contributed by atoms with Crippen LogP contribution in [-0.2, 0) is 0 Å².